The standard InChI is InChI=1S/C15H24N2OS/c1-4-9-16-10-11-17-15(18)13-7-5-6-8-14(13)19-12(2)3/h5-8,12,16H,4,9-11H2,1-3H3,(H,17,18). The van der Waals surface area contributed by atoms with Crippen LogP contribution in [0.5, 0.6) is 0 Å². The van der Waals surface area contributed by atoms with E-state index < -0.39 is 0 Å². The molecule has 0 aliphatic rings. The molecule has 0 unspecified atom stereocenters. The Morgan fingerprint density at radius 1 is 1.21 bits per heavy atom. The van der Waals surface area contributed by atoms with Crippen molar-refractivity contribution in [2.24, 2.45) is 0 Å². The van der Waals surface area contributed by atoms with Gasteiger partial charge in [-0.3, -0.25) is 4.79 Å². The molecule has 0 aromatic heterocycles. The van der Waals surface area contributed by atoms with Gasteiger partial charge < -0.3 is 10.6 Å². The Kier molecular flexibility index (Phi) is 7.60. The Labute approximate surface area is 120 Å². The molecule has 0 aliphatic heterocycles. The molecule has 0 saturated carbocycles. The molecule has 0 aliphatic carbocycles. The van der Waals surface area contributed by atoms with E-state index in [-0.39, 0.29) is 5.91 Å². The lowest BCUT2D eigenvalue weighted by molar-refractivity contribution is 0.0951. The van der Waals surface area contributed by atoms with Crippen molar-refractivity contribution in [3.63, 3.8) is 0 Å². The summed E-state index contributed by atoms with van der Waals surface area (Å²) in [5.74, 6) is 0.0158. The predicted molar refractivity (Wildman–Crippen MR) is 82.9 cm³/mol. The van der Waals surface area contributed by atoms with E-state index in [2.05, 4.69) is 31.4 Å². The average Bonchev–Trinajstić information content (AvgIpc) is 2.38. The molecule has 4 heteroatoms. The fourth-order valence-corrected chi connectivity index (χ4v) is 2.63. The molecule has 106 valence electrons. The molecule has 19 heavy (non-hydrogen) atoms. The lowest BCUT2D eigenvalue weighted by atomic mass is 10.2. The van der Waals surface area contributed by atoms with E-state index in [0.717, 1.165) is 30.0 Å². The summed E-state index contributed by atoms with van der Waals surface area (Å²) in [6, 6.07) is 7.79. The fourth-order valence-electron chi connectivity index (χ4n) is 1.67. The molecule has 1 aromatic rings. The van der Waals surface area contributed by atoms with Crippen LogP contribution in [0.15, 0.2) is 29.2 Å². The molecule has 2 N–H and O–H groups in total. The van der Waals surface area contributed by atoms with E-state index >= 15 is 0 Å². The predicted octanol–water partition coefficient (Wildman–Crippen LogP) is 2.92. The van der Waals surface area contributed by atoms with Gasteiger partial charge in [0.15, 0.2) is 0 Å². The third-order valence-electron chi connectivity index (χ3n) is 2.51. The summed E-state index contributed by atoms with van der Waals surface area (Å²) >= 11 is 1.72. The van der Waals surface area contributed by atoms with Gasteiger partial charge >= 0.3 is 0 Å². The van der Waals surface area contributed by atoms with Gasteiger partial charge in [0.1, 0.15) is 0 Å². The molecule has 1 amide bonds. The minimum absolute atomic E-state index is 0.0158. The van der Waals surface area contributed by atoms with Crippen LogP contribution in [0.4, 0.5) is 0 Å². The molecule has 0 spiro atoms. The van der Waals surface area contributed by atoms with Crippen LogP contribution in [0.3, 0.4) is 0 Å². The maximum atomic E-state index is 12.1. The van der Waals surface area contributed by atoms with Gasteiger partial charge in [-0.1, -0.05) is 32.9 Å². The van der Waals surface area contributed by atoms with Crippen molar-refractivity contribution < 1.29 is 4.79 Å². The zero-order valence-electron chi connectivity index (χ0n) is 12.0. The lowest BCUT2D eigenvalue weighted by Gasteiger charge is -2.11. The molecule has 1 aromatic carbocycles. The van der Waals surface area contributed by atoms with Gasteiger partial charge in [0, 0.05) is 23.2 Å². The summed E-state index contributed by atoms with van der Waals surface area (Å²) in [5.41, 5.74) is 0.775. The number of amides is 1. The smallest absolute Gasteiger partial charge is 0.252 e. The van der Waals surface area contributed by atoms with Gasteiger partial charge in [0.2, 0.25) is 0 Å². The molecule has 0 saturated heterocycles. The number of carbonyl (C=O) groups excluding carboxylic acids is 1. The molecule has 0 fully saturated rings. The molecule has 0 radical (unpaired) electrons. The topological polar surface area (TPSA) is 41.1 Å². The summed E-state index contributed by atoms with van der Waals surface area (Å²) < 4.78 is 0. The van der Waals surface area contributed by atoms with E-state index in [1.807, 2.05) is 24.3 Å². The van der Waals surface area contributed by atoms with Crippen molar-refractivity contribution in [1.82, 2.24) is 10.6 Å². The summed E-state index contributed by atoms with van der Waals surface area (Å²) in [4.78, 5) is 13.2. The van der Waals surface area contributed by atoms with Crippen LogP contribution in [0.1, 0.15) is 37.6 Å². The third kappa shape index (κ3) is 6.12. The molecule has 0 heterocycles. The maximum Gasteiger partial charge on any atom is 0.252 e. The van der Waals surface area contributed by atoms with Crippen LogP contribution in [-0.2, 0) is 0 Å². The van der Waals surface area contributed by atoms with Crippen LogP contribution in [0.2, 0.25) is 0 Å². The third-order valence-corrected chi connectivity index (χ3v) is 3.59. The second-order valence-corrected chi connectivity index (χ2v) is 6.29. The molecule has 1 rings (SSSR count). The monoisotopic (exact) mass is 280 g/mol. The molecular weight excluding hydrogens is 256 g/mol. The average molecular weight is 280 g/mol. The van der Waals surface area contributed by atoms with E-state index in [0.29, 0.717) is 11.8 Å². The molecule has 0 bridgehead atoms. The minimum atomic E-state index is 0.0158. The highest BCUT2D eigenvalue weighted by molar-refractivity contribution is 8.00. The molecule has 3 nitrogen and oxygen atoms in total. The minimum Gasteiger partial charge on any atom is -0.351 e. The summed E-state index contributed by atoms with van der Waals surface area (Å²) in [5, 5.41) is 6.70. The summed E-state index contributed by atoms with van der Waals surface area (Å²) in [6.45, 7) is 8.88. The van der Waals surface area contributed by atoms with E-state index in [1.54, 1.807) is 11.8 Å². The number of carbonyl (C=O) groups is 1. The Balaban J connectivity index is 2.51. The van der Waals surface area contributed by atoms with Gasteiger partial charge in [-0.25, -0.2) is 0 Å². The highest BCUT2D eigenvalue weighted by Crippen LogP contribution is 2.26. The van der Waals surface area contributed by atoms with E-state index in [4.69, 9.17) is 0 Å². The fraction of sp³-hybridized carbons (Fsp3) is 0.533. The Morgan fingerprint density at radius 3 is 2.63 bits per heavy atom. The van der Waals surface area contributed by atoms with Crippen molar-refractivity contribution in [3.05, 3.63) is 29.8 Å². The van der Waals surface area contributed by atoms with Crippen LogP contribution in [0, 0.1) is 0 Å². The van der Waals surface area contributed by atoms with Gasteiger partial charge in [-0.2, -0.15) is 0 Å². The largest absolute Gasteiger partial charge is 0.351 e. The van der Waals surface area contributed by atoms with Crippen molar-refractivity contribution in [1.29, 1.82) is 0 Å². The molecular formula is C15H24N2OS. The zero-order valence-corrected chi connectivity index (χ0v) is 12.8. The first kappa shape index (κ1) is 16.1. The van der Waals surface area contributed by atoms with Crippen molar-refractivity contribution >= 4 is 17.7 Å². The summed E-state index contributed by atoms with van der Waals surface area (Å²) in [7, 11) is 0. The maximum absolute atomic E-state index is 12.1. The summed E-state index contributed by atoms with van der Waals surface area (Å²) in [6.07, 6.45) is 1.11. The number of rotatable bonds is 8. The normalized spacial score (nSPS) is 10.7. The second-order valence-electron chi connectivity index (χ2n) is 4.67. The Hall–Kier alpha value is -1.00. The quantitative estimate of drug-likeness (QED) is 0.568. The lowest BCUT2D eigenvalue weighted by Crippen LogP contribution is -2.32. The molecule has 0 atom stereocenters. The van der Waals surface area contributed by atoms with Gasteiger partial charge in [0.25, 0.3) is 5.91 Å². The second kappa shape index (κ2) is 8.99. The first-order valence-corrected chi connectivity index (χ1v) is 7.77. The Bertz CT molecular complexity index is 393. The Morgan fingerprint density at radius 2 is 1.95 bits per heavy atom. The highest BCUT2D eigenvalue weighted by Gasteiger charge is 2.11. The first-order valence-electron chi connectivity index (χ1n) is 6.89. The van der Waals surface area contributed by atoms with Gasteiger partial charge in [-0.05, 0) is 25.1 Å². The van der Waals surface area contributed by atoms with Crippen molar-refractivity contribution in [2.45, 2.75) is 37.3 Å². The van der Waals surface area contributed by atoms with Crippen LogP contribution in [0.25, 0.3) is 0 Å². The van der Waals surface area contributed by atoms with Crippen LogP contribution < -0.4 is 10.6 Å². The number of thioether (sulfide) groups is 1. The van der Waals surface area contributed by atoms with Crippen molar-refractivity contribution in [2.75, 3.05) is 19.6 Å². The zero-order chi connectivity index (χ0) is 14.1. The number of benzene rings is 1. The van der Waals surface area contributed by atoms with Crippen molar-refractivity contribution in [3.8, 4) is 0 Å². The van der Waals surface area contributed by atoms with E-state index in [9.17, 15) is 4.79 Å². The van der Waals surface area contributed by atoms with Crippen LogP contribution >= 0.6 is 11.8 Å². The SMILES string of the molecule is CCCNCCNC(=O)c1ccccc1SC(C)C. The first-order chi connectivity index (χ1) is 9.15. The number of nitrogens with one attached hydrogen (secondary N) is 2. The van der Waals surface area contributed by atoms with E-state index in [1.165, 1.54) is 0 Å². The number of hydrogen-bond donors (Lipinski definition) is 2. The van der Waals surface area contributed by atoms with Crippen LogP contribution in [-0.4, -0.2) is 30.8 Å². The number of hydrogen-bond acceptors (Lipinski definition) is 3. The highest BCUT2D eigenvalue weighted by atomic mass is 32.2. The van der Waals surface area contributed by atoms with Gasteiger partial charge in [-0.15, -0.1) is 11.8 Å². The van der Waals surface area contributed by atoms with Gasteiger partial charge in [0.05, 0.1) is 5.56 Å².